The van der Waals surface area contributed by atoms with Gasteiger partial charge in [0.25, 0.3) is 0 Å². The highest BCUT2D eigenvalue weighted by molar-refractivity contribution is 8.38. The molecule has 1 aromatic carbocycles. The maximum absolute atomic E-state index is 9.22. The fourth-order valence-corrected chi connectivity index (χ4v) is 12.3. The normalized spacial score (nSPS) is 10.5. The van der Waals surface area contributed by atoms with Gasteiger partial charge in [0.2, 0.25) is 0 Å². The molecule has 0 aliphatic carbocycles. The average molecular weight is 840 g/mol. The Labute approximate surface area is 503 Å². The van der Waals surface area contributed by atoms with E-state index in [1.807, 2.05) is 6.07 Å². The van der Waals surface area contributed by atoms with Gasteiger partial charge in [-0.3, -0.25) is 0 Å². The lowest BCUT2D eigenvalue weighted by atomic mass is 8.22. The number of fused-ring (bicyclic) bond motifs is 1. The van der Waals surface area contributed by atoms with Gasteiger partial charge >= 0.3 is 0 Å². The molecule has 0 aromatic heterocycles. The molecule has 0 saturated carbocycles. The first kappa shape index (κ1) is 74.3. The maximum atomic E-state index is 9.22. The minimum atomic E-state index is -1.56. The van der Waals surface area contributed by atoms with Crippen LogP contribution in [0.5, 0.6) is 5.75 Å². The lowest BCUT2D eigenvalue weighted by molar-refractivity contribution is 0.475. The first-order valence-electron chi connectivity index (χ1n) is 23.8. The molecule has 244 valence electrons. The molecule has 1 aliphatic rings. The average Bonchev–Trinajstić information content (AvgIpc) is 3.64. The van der Waals surface area contributed by atoms with Crippen LogP contribution in [0.2, 0.25) is 5.02 Å². The van der Waals surface area contributed by atoms with Crippen LogP contribution in [-0.2, 0) is 13.1 Å². The van der Waals surface area contributed by atoms with Gasteiger partial charge in [-0.25, -0.2) is 0 Å². The fourth-order valence-electron chi connectivity index (χ4n) is 12.1. The van der Waals surface area contributed by atoms with Crippen molar-refractivity contribution in [2.75, 3.05) is 0 Å². The third-order valence-electron chi connectivity index (χ3n) is 14.8. The summed E-state index contributed by atoms with van der Waals surface area (Å²) in [5, 5.41) is 12.8. The summed E-state index contributed by atoms with van der Waals surface area (Å²) in [5.41, 5.74) is 2.33. The Hall–Kier alpha value is 3.30. The van der Waals surface area contributed by atoms with Crippen LogP contribution in [0, 0.1) is 0 Å². The van der Waals surface area contributed by atoms with Crippen molar-refractivity contribution in [3.8, 4) is 5.75 Å². The Morgan fingerprint density at radius 1 is 0.260 bits per heavy atom. The first-order valence-corrected chi connectivity index (χ1v) is 24.2. The Kier molecular flexibility index (Phi) is 34.8. The van der Waals surface area contributed by atoms with Gasteiger partial charge in [0.1, 0.15) is 5.75 Å². The molecule has 0 unspecified atom stereocenters. The monoisotopic (exact) mass is 852 g/mol. The molecule has 0 saturated heterocycles. The molecule has 2 nitrogen and oxygen atoms in total. The zero-order valence-electron chi connectivity index (χ0n) is 41.7. The van der Waals surface area contributed by atoms with Crippen LogP contribution in [0.25, 0.3) is 0 Å². The van der Waals surface area contributed by atoms with Crippen molar-refractivity contribution in [1.29, 1.82) is 0 Å². The Bertz CT molecular complexity index is 1330. The number of aromatic hydroxyl groups is 1. The number of hydrogen-bond donors (Lipinski definition) is 2. The number of halogens is 1. The molecule has 73 heavy (non-hydrogen) atoms. The number of hydrogen-bond acceptors (Lipinski definition) is 2. The second-order valence-corrected chi connectivity index (χ2v) is 20.4. The van der Waals surface area contributed by atoms with Gasteiger partial charge in [0.05, 0.1) is 5.02 Å². The third kappa shape index (κ3) is 20.3. The van der Waals surface area contributed by atoms with E-state index in [0.29, 0.717) is 5.02 Å². The van der Waals surface area contributed by atoms with E-state index < -0.39 is 192 Å². The molecule has 1 aromatic rings. The van der Waals surface area contributed by atoms with E-state index >= 15 is 0 Å². The lowest BCUT2D eigenvalue weighted by Gasteiger charge is -2.59. The van der Waals surface area contributed by atoms with Crippen LogP contribution in [0.1, 0.15) is 11.1 Å². The summed E-state index contributed by atoms with van der Waals surface area (Å²) in [6.45, 7) is 1.69. The summed E-state index contributed by atoms with van der Waals surface area (Å²) in [4.78, 5) is 0. The van der Waals surface area contributed by atoms with Gasteiger partial charge < -0.3 is 10.4 Å². The number of benzene rings is 1. The van der Waals surface area contributed by atoms with E-state index in [-0.39, 0.29) is 5.75 Å². The Morgan fingerprint density at radius 3 is 0.548 bits per heavy atom. The number of rotatable bonds is 29. The predicted octanol–water partition coefficient (Wildman–Crippen LogP) is -22.0. The fraction of sp³-hybridized carbons (Fsp3) is 0.250. The van der Waals surface area contributed by atoms with Crippen molar-refractivity contribution in [3.63, 3.8) is 0 Å². The minimum Gasteiger partial charge on any atom is -0.506 e. The van der Waals surface area contributed by atoms with E-state index in [4.69, 9.17) is 259 Å². The van der Waals surface area contributed by atoms with Crippen LogP contribution in [0.3, 0.4) is 0 Å². The van der Waals surface area contributed by atoms with Crippen LogP contribution < -0.4 is 5.32 Å². The van der Waals surface area contributed by atoms with Gasteiger partial charge in [0, 0.05) is 452 Å². The maximum Gasteiger partial charge on any atom is 0.134 e. The van der Waals surface area contributed by atoms with E-state index in [1.165, 1.54) is 5.56 Å². The molecule has 2 N–H and O–H groups in total. The van der Waals surface area contributed by atoms with Gasteiger partial charge in [-0.15, -0.1) is 0 Å². The van der Waals surface area contributed by atoms with Crippen molar-refractivity contribution in [3.05, 3.63) is 28.3 Å². The van der Waals surface area contributed by atoms with Gasteiger partial charge in [-0.1, -0.05) is 11.6 Å². The summed E-state index contributed by atoms with van der Waals surface area (Å²) in [6.07, 6.45) is -43.9. The SMILES string of the molecule is Oc1cc2c(cc1Cl)CNC2.[B]B([B])B(B([B])[B])B(B(B([B])[B])B([B])[B])B(B(B(B([B])[B])B([B])[B])B(B([B])[B])B([B])[B])B(B(B(B([B])[B])B([B])[B])B(B([B])[B])B([B])[B])B(B(B([B])[B])B([B])[B])B(B([B])[B])B([B])[B]. The van der Waals surface area contributed by atoms with E-state index in [2.05, 4.69) is 5.32 Å². The third-order valence-corrected chi connectivity index (χ3v) is 15.1. The van der Waals surface area contributed by atoms with E-state index in [1.54, 1.807) is 6.07 Å². The molecule has 0 fully saturated rings. The molecule has 1 heterocycles. The molecule has 0 bridgehead atoms. The largest absolute Gasteiger partial charge is 0.506 e. The number of phenols is 1. The highest BCUT2D eigenvalue weighted by atomic mass is 35.5. The molecule has 2 rings (SSSR count). The minimum absolute atomic E-state index is 0.175. The summed E-state index contributed by atoms with van der Waals surface area (Å²) in [6, 6.07) is 3.53. The summed E-state index contributed by atoms with van der Waals surface area (Å²) < 4.78 is 0. The van der Waals surface area contributed by atoms with Crippen molar-refractivity contribution < 1.29 is 5.11 Å². The van der Waals surface area contributed by atoms with Gasteiger partial charge in [-0.05, 0) is 23.3 Å². The van der Waals surface area contributed by atoms with E-state index in [9.17, 15) is 5.11 Å². The van der Waals surface area contributed by atoms with Crippen LogP contribution >= 0.6 is 11.6 Å². The van der Waals surface area contributed by atoms with Crippen molar-refractivity contribution in [1.82, 2.24) is 5.32 Å². The Morgan fingerprint density at radius 2 is 0.397 bits per heavy atom. The summed E-state index contributed by atoms with van der Waals surface area (Å²) in [7, 11) is 212. The van der Waals surface area contributed by atoms with Gasteiger partial charge in [-0.2, -0.15) is 0 Å². The molecule has 1 aliphatic heterocycles. The van der Waals surface area contributed by atoms with Crippen molar-refractivity contribution in [2.24, 2.45) is 0 Å². The van der Waals surface area contributed by atoms with Crippen LogP contribution in [0.4, 0.5) is 0 Å². The predicted molar refractivity (Wildman–Crippen MR) is 400 cm³/mol. The number of nitrogens with one attached hydrogen (secondary N) is 1. The van der Waals surface area contributed by atoms with Crippen molar-refractivity contribution >= 4 is 451 Å². The Balaban J connectivity index is 0.00000209. The molecule has 65 heteroatoms. The molecule has 0 atom stereocenters. The quantitative estimate of drug-likeness (QED) is 0.0788. The highest BCUT2D eigenvalue weighted by Crippen LogP contribution is 2.29. The standard InChI is InChI=1S/C8H8ClNO.B62/c9-7-1-5-3-10-4-6(5)2-8(7)11;1-33(2)49(34(3)4)57(50(35(5)6)36(7)8)61(58(51(37(9)10)38(11)12)52(39(13)14)40(15)16)62(59(53(41(17)18)42(19)20)54(43(21)22)44(23)24)60(55(45(25)26)46(27)28)56(47(29)30)48(31)32/h1-2,10-11H,3-4H2;. The van der Waals surface area contributed by atoms with Crippen molar-refractivity contribution in [2.45, 2.75) is 13.1 Å². The molecular weight excluding hydrogens is 832 g/mol. The second kappa shape index (κ2) is 34.2. The smallest absolute Gasteiger partial charge is 0.134 e. The summed E-state index contributed by atoms with van der Waals surface area (Å²) >= 11 is 5.71. The summed E-state index contributed by atoms with van der Waals surface area (Å²) in [5.74, 6) is 0.175. The molecule has 0 spiro atoms. The zero-order chi connectivity index (χ0) is 57.2. The molecule has 64 radical (unpaired) electrons. The number of phenolic OH excluding ortho intramolecular Hbond substituents is 1. The molecular formula is C8H8B62ClNO. The van der Waals surface area contributed by atoms with Gasteiger partial charge in [0.15, 0.2) is 0 Å². The van der Waals surface area contributed by atoms with Crippen LogP contribution in [0.15, 0.2) is 12.1 Å². The topological polar surface area (TPSA) is 32.3 Å². The molecule has 0 amide bonds. The first-order chi connectivity index (χ1) is 33.4. The lowest BCUT2D eigenvalue weighted by Crippen LogP contribution is -2.97. The zero-order valence-corrected chi connectivity index (χ0v) is 42.4. The second-order valence-electron chi connectivity index (χ2n) is 20.0. The van der Waals surface area contributed by atoms with E-state index in [0.717, 1.165) is 18.7 Å². The van der Waals surface area contributed by atoms with Crippen LogP contribution in [-0.4, -0.2) is 444 Å². The highest BCUT2D eigenvalue weighted by Gasteiger charge is 2.63.